The van der Waals surface area contributed by atoms with Crippen molar-refractivity contribution in [3.05, 3.63) is 0 Å². The van der Waals surface area contributed by atoms with Gasteiger partial charge in [-0.2, -0.15) is 33.7 Å². The smallest absolute Gasteiger partial charge is 0.266 e. The molecule has 16 N–H and O–H groups in total. The van der Waals surface area contributed by atoms with Gasteiger partial charge in [-0.25, -0.2) is 21.7 Å². The van der Waals surface area contributed by atoms with Gasteiger partial charge in [0.2, 0.25) is 23.5 Å². The molecule has 1 heterocycles. The minimum atomic E-state index is -4.69. The fourth-order valence-electron chi connectivity index (χ4n) is 5.13. The van der Waals surface area contributed by atoms with Crippen LogP contribution in [-0.2, 0) is 59.4 Å². The van der Waals surface area contributed by atoms with Crippen molar-refractivity contribution >= 4 is 40.5 Å². The van der Waals surface area contributed by atoms with Crippen LogP contribution in [-0.4, -0.2) is 190 Å². The van der Waals surface area contributed by atoms with Crippen molar-refractivity contribution in [3.63, 3.8) is 0 Å². The van der Waals surface area contributed by atoms with Gasteiger partial charge in [-0.05, 0) is 12.8 Å². The highest BCUT2D eigenvalue weighted by atomic mass is 32.2. The zero-order valence-electron chi connectivity index (χ0n) is 32.6. The average Bonchev–Trinajstić information content (AvgIpc) is 3.11. The summed E-state index contributed by atoms with van der Waals surface area (Å²) >= 11 is 0. The van der Waals surface area contributed by atoms with Gasteiger partial charge in [0, 0.05) is 39.4 Å². The van der Waals surface area contributed by atoms with Crippen molar-refractivity contribution in [1.29, 1.82) is 0 Å². The van der Waals surface area contributed by atoms with Gasteiger partial charge in [0.15, 0.2) is 0 Å². The Balaban J connectivity index is 3.86. The van der Waals surface area contributed by atoms with Crippen molar-refractivity contribution in [2.75, 3.05) is 75.6 Å². The predicted octanol–water partition coefficient (Wildman–Crippen LogP) is -6.18. The van der Waals surface area contributed by atoms with Crippen LogP contribution in [0.1, 0.15) is 52.4 Å². The van der Waals surface area contributed by atoms with E-state index >= 15 is 0 Å². The van der Waals surface area contributed by atoms with E-state index in [1.54, 1.807) is 0 Å². The first-order chi connectivity index (χ1) is 27.2. The molecule has 354 valence electrons. The number of hydrogen-bond donors (Lipinski definition) is 16. The summed E-state index contributed by atoms with van der Waals surface area (Å²) in [6.07, 6.45) is -3.25. The summed E-state index contributed by atoms with van der Waals surface area (Å²) in [6, 6.07) is 0. The molecule has 59 heavy (non-hydrogen) atoms. The number of nitrogens with one attached hydrogen (secondary N) is 8. The normalized spacial score (nSPS) is 25.6. The number of hydrogen-bond acceptors (Lipinski definition) is 24. The molecule has 7 atom stereocenters. The van der Waals surface area contributed by atoms with Crippen molar-refractivity contribution in [2.24, 2.45) is 0 Å². The van der Waals surface area contributed by atoms with Crippen LogP contribution >= 0.6 is 0 Å². The van der Waals surface area contributed by atoms with Crippen LogP contribution in [0.3, 0.4) is 0 Å². The summed E-state index contributed by atoms with van der Waals surface area (Å²) in [7, 11) is -18.6. The highest BCUT2D eigenvalue weighted by Crippen LogP contribution is 2.41. The van der Waals surface area contributed by atoms with E-state index in [0.717, 1.165) is 25.7 Å². The number of hydrazine groups is 4. The molecule has 0 saturated carbocycles. The van der Waals surface area contributed by atoms with E-state index in [1.165, 1.54) is 0 Å². The molecule has 1 fully saturated rings. The Kier molecular flexibility index (Phi) is 24.6. The minimum absolute atomic E-state index is 0.0742. The molecular weight excluding hydrogens is 885 g/mol. The third kappa shape index (κ3) is 21.3. The molecule has 28 nitrogen and oxygen atoms in total. The van der Waals surface area contributed by atoms with Gasteiger partial charge >= 0.3 is 0 Å². The Morgan fingerprint density at radius 3 is 1.53 bits per heavy atom. The number of aliphatic hydroxyl groups excluding tert-OH is 1. The van der Waals surface area contributed by atoms with Gasteiger partial charge in [-0.1, -0.05) is 39.5 Å². The van der Waals surface area contributed by atoms with Gasteiger partial charge in [0.25, 0.3) is 40.5 Å². The van der Waals surface area contributed by atoms with Gasteiger partial charge in [0.1, 0.15) is 18.4 Å². The molecular formula is C27H62N8O20S4. The van der Waals surface area contributed by atoms with Gasteiger partial charge in [-0.15, -0.1) is 0 Å². The summed E-state index contributed by atoms with van der Waals surface area (Å²) < 4.78 is 151. The van der Waals surface area contributed by atoms with Crippen molar-refractivity contribution in [3.8, 4) is 0 Å². The van der Waals surface area contributed by atoms with Crippen LogP contribution < -0.4 is 43.4 Å². The fourth-order valence-corrected chi connectivity index (χ4v) is 6.57. The third-order valence-corrected chi connectivity index (χ3v) is 11.0. The van der Waals surface area contributed by atoms with Crippen LogP contribution in [0.15, 0.2) is 0 Å². The topological polar surface area (TPSA) is 432 Å². The van der Waals surface area contributed by atoms with Crippen LogP contribution in [0.25, 0.3) is 0 Å². The minimum Gasteiger partial charge on any atom is -0.379 e. The Morgan fingerprint density at radius 2 is 1.05 bits per heavy atom. The zero-order valence-corrected chi connectivity index (χ0v) is 35.9. The molecule has 0 bridgehead atoms. The predicted molar refractivity (Wildman–Crippen MR) is 205 cm³/mol. The van der Waals surface area contributed by atoms with Crippen LogP contribution in [0, 0.1) is 0 Å². The van der Waals surface area contributed by atoms with E-state index in [2.05, 4.69) is 43.4 Å². The molecule has 0 aromatic heterocycles. The molecule has 2 unspecified atom stereocenters. The van der Waals surface area contributed by atoms with E-state index < -0.39 is 138 Å². The summed E-state index contributed by atoms with van der Waals surface area (Å²) in [5.41, 5.74) is 6.60. The van der Waals surface area contributed by atoms with Crippen molar-refractivity contribution in [1.82, 2.24) is 43.4 Å². The van der Waals surface area contributed by atoms with Crippen LogP contribution in [0.4, 0.5) is 0 Å². The lowest BCUT2D eigenvalue weighted by Gasteiger charge is -2.60. The summed E-state index contributed by atoms with van der Waals surface area (Å²) in [5, 5.41) is 48.5. The standard InChI is InChI=1S/C27H62N8O20S4/c1-3-5-7-13-52-19-21(53-14-8-6-4-2)20-54-24-26(38,34-30-11-17-58(46,47)48)27(39,35-31-12-18-59(49,50)51)25(37,33-29-10-16-57(43,44)45)22(55-24)23(36)32-28-9-15-56(40,41)42/h21-24,28-39H,3-20H2,1-2H3,(H,40,41,42)(H,43,44,45)(H,46,47,48)(H,49,50,51)/t21?,22-,23?,24+,25-,26+,27+/m1/s1. The highest BCUT2D eigenvalue weighted by Gasteiger charge is 2.75. The SMILES string of the molecule is CCCCCOCC(CO[C@H]1O[C@H](C(O)NNCCS(=O)(=O)O)[C@](O)(NNCCS(=O)(=O)O)[C@@](O)(NNCCS(=O)(=O)O)[C@]1(O)NNCCS(=O)(=O)O)OCCCCC. The Bertz CT molecular complexity index is 1650. The quantitative estimate of drug-likeness (QED) is 0.0122. The maximum atomic E-state index is 12.5. The second kappa shape index (κ2) is 25.9. The molecule has 1 aliphatic heterocycles. The first kappa shape index (κ1) is 56.0. The number of rotatable bonds is 35. The second-order valence-corrected chi connectivity index (χ2v) is 19.6. The van der Waals surface area contributed by atoms with E-state index in [1.807, 2.05) is 13.8 Å². The Labute approximate surface area is 344 Å². The fraction of sp³-hybridized carbons (Fsp3) is 1.00. The third-order valence-electron chi connectivity index (χ3n) is 8.16. The zero-order chi connectivity index (χ0) is 45.0. The molecule has 1 saturated heterocycles. The first-order valence-corrected chi connectivity index (χ1v) is 24.8. The largest absolute Gasteiger partial charge is 0.379 e. The molecule has 32 heteroatoms. The highest BCUT2D eigenvalue weighted by molar-refractivity contribution is 7.86. The lowest BCUT2D eigenvalue weighted by atomic mass is 9.81. The maximum Gasteiger partial charge on any atom is 0.266 e. The molecule has 0 aromatic carbocycles. The Morgan fingerprint density at radius 1 is 0.610 bits per heavy atom. The lowest BCUT2D eigenvalue weighted by Crippen LogP contribution is -2.95. The molecule has 1 rings (SSSR count). The first-order valence-electron chi connectivity index (χ1n) is 18.3. The van der Waals surface area contributed by atoms with Crippen LogP contribution in [0.2, 0.25) is 0 Å². The summed E-state index contributed by atoms with van der Waals surface area (Å²) in [6.45, 7) is 0.993. The van der Waals surface area contributed by atoms with Crippen molar-refractivity contribution in [2.45, 2.75) is 94.3 Å². The maximum absolute atomic E-state index is 12.5. The van der Waals surface area contributed by atoms with E-state index in [4.69, 9.17) is 23.5 Å². The molecule has 0 radical (unpaired) electrons. The monoisotopic (exact) mass is 946 g/mol. The van der Waals surface area contributed by atoms with Crippen LogP contribution in [0.5, 0.6) is 0 Å². The molecule has 0 aliphatic carbocycles. The summed E-state index contributed by atoms with van der Waals surface area (Å²) in [4.78, 5) is 0. The van der Waals surface area contributed by atoms with E-state index in [-0.39, 0.29) is 13.2 Å². The average molecular weight is 947 g/mol. The number of aliphatic hydroxyl groups is 4. The molecule has 1 aliphatic rings. The second-order valence-electron chi connectivity index (χ2n) is 13.3. The number of ether oxygens (including phenoxy) is 4. The van der Waals surface area contributed by atoms with Gasteiger partial charge in [-0.3, -0.25) is 39.9 Å². The molecule has 0 amide bonds. The van der Waals surface area contributed by atoms with Crippen molar-refractivity contribution < 1.29 is 91.3 Å². The lowest BCUT2D eigenvalue weighted by molar-refractivity contribution is -0.437. The number of unbranched alkanes of at least 4 members (excludes halogenated alkanes) is 4. The van der Waals surface area contributed by atoms with Gasteiger partial charge in [0.05, 0.1) is 36.2 Å². The van der Waals surface area contributed by atoms with Gasteiger partial charge < -0.3 is 39.4 Å². The van der Waals surface area contributed by atoms with E-state index in [9.17, 15) is 67.8 Å². The molecule has 0 spiro atoms. The molecule has 0 aromatic rings. The summed E-state index contributed by atoms with van der Waals surface area (Å²) in [5.74, 6) is -4.01. The Hall–Kier alpha value is -1.00. The van der Waals surface area contributed by atoms with E-state index in [0.29, 0.717) is 19.4 Å².